The predicted octanol–water partition coefficient (Wildman–Crippen LogP) is 3.50. The summed E-state index contributed by atoms with van der Waals surface area (Å²) < 4.78 is 5.28. The van der Waals surface area contributed by atoms with Gasteiger partial charge in [-0.25, -0.2) is 0 Å². The molecule has 0 amide bonds. The first-order valence-electron chi connectivity index (χ1n) is 5.47. The Balaban J connectivity index is 2.15. The quantitative estimate of drug-likeness (QED) is 0.893. The molecule has 1 aromatic carbocycles. The molecular weight excluding hydrogens is 256 g/mol. The van der Waals surface area contributed by atoms with Crippen molar-refractivity contribution in [2.45, 2.75) is 6.92 Å². The molecule has 0 fully saturated rings. The van der Waals surface area contributed by atoms with E-state index in [0.717, 1.165) is 28.9 Å². The highest BCUT2D eigenvalue weighted by molar-refractivity contribution is 8.14. The average Bonchev–Trinajstić information content (AvgIpc) is 2.32. The van der Waals surface area contributed by atoms with Gasteiger partial charge < -0.3 is 10.1 Å². The molecule has 2 rings (SSSR count). The van der Waals surface area contributed by atoms with Gasteiger partial charge in [0.1, 0.15) is 5.75 Å². The number of anilines is 1. The van der Waals surface area contributed by atoms with Crippen molar-refractivity contribution in [3.8, 4) is 5.75 Å². The van der Waals surface area contributed by atoms with Crippen molar-refractivity contribution < 1.29 is 4.74 Å². The maximum atomic E-state index is 5.97. The topological polar surface area (TPSA) is 33.6 Å². The van der Waals surface area contributed by atoms with Gasteiger partial charge in [0.25, 0.3) is 0 Å². The predicted molar refractivity (Wildman–Crippen MR) is 75.6 cm³/mol. The summed E-state index contributed by atoms with van der Waals surface area (Å²) in [6, 6.07) is 5.51. The van der Waals surface area contributed by atoms with Crippen LogP contribution in [0.5, 0.6) is 5.75 Å². The lowest BCUT2D eigenvalue weighted by Gasteiger charge is -2.19. The number of rotatable bonds is 2. The van der Waals surface area contributed by atoms with Crippen molar-refractivity contribution >= 4 is 34.2 Å². The van der Waals surface area contributed by atoms with E-state index in [0.29, 0.717) is 10.9 Å². The lowest BCUT2D eigenvalue weighted by molar-refractivity contribution is 0.417. The van der Waals surface area contributed by atoms with Gasteiger partial charge in [0.05, 0.1) is 12.8 Å². The Hall–Kier alpha value is -0.870. The molecular formula is C12H15ClN2OS. The summed E-state index contributed by atoms with van der Waals surface area (Å²) >= 11 is 7.70. The van der Waals surface area contributed by atoms with Crippen molar-refractivity contribution in [2.75, 3.05) is 24.7 Å². The average molecular weight is 271 g/mol. The zero-order valence-electron chi connectivity index (χ0n) is 9.87. The lowest BCUT2D eigenvalue weighted by atomic mass is 10.2. The van der Waals surface area contributed by atoms with E-state index in [9.17, 15) is 0 Å². The van der Waals surface area contributed by atoms with Crippen molar-refractivity contribution in [3.63, 3.8) is 0 Å². The number of hydrogen-bond donors (Lipinski definition) is 1. The molecule has 0 saturated heterocycles. The second-order valence-corrected chi connectivity index (χ2v) is 5.48. The Morgan fingerprint density at radius 3 is 3.00 bits per heavy atom. The smallest absolute Gasteiger partial charge is 0.161 e. The summed E-state index contributed by atoms with van der Waals surface area (Å²) in [5.74, 6) is 2.51. The van der Waals surface area contributed by atoms with Crippen LogP contribution in [0.4, 0.5) is 5.69 Å². The second-order valence-electron chi connectivity index (χ2n) is 4.03. The van der Waals surface area contributed by atoms with Crippen molar-refractivity contribution in [1.29, 1.82) is 0 Å². The monoisotopic (exact) mass is 270 g/mol. The van der Waals surface area contributed by atoms with Crippen LogP contribution in [0, 0.1) is 5.92 Å². The van der Waals surface area contributed by atoms with Gasteiger partial charge in [0, 0.05) is 17.3 Å². The Bertz CT molecular complexity index is 437. The number of amidine groups is 1. The molecule has 0 bridgehead atoms. The number of methoxy groups -OCH3 is 1. The number of nitrogens with zero attached hydrogens (tertiary/aromatic N) is 1. The van der Waals surface area contributed by atoms with E-state index in [1.54, 1.807) is 18.9 Å². The number of aliphatic imine (C=N–C) groups is 1. The first-order chi connectivity index (χ1) is 8.19. The highest BCUT2D eigenvalue weighted by Crippen LogP contribution is 2.29. The van der Waals surface area contributed by atoms with Gasteiger partial charge in [0.2, 0.25) is 0 Å². The fraction of sp³-hybridized carbons (Fsp3) is 0.417. The number of nitrogens with one attached hydrogen (secondary N) is 1. The molecule has 1 atom stereocenters. The Kier molecular flexibility index (Phi) is 4.18. The summed E-state index contributed by atoms with van der Waals surface area (Å²) in [7, 11) is 1.65. The molecule has 1 unspecified atom stereocenters. The number of hydrogen-bond acceptors (Lipinski definition) is 4. The van der Waals surface area contributed by atoms with E-state index in [1.165, 1.54) is 0 Å². The summed E-state index contributed by atoms with van der Waals surface area (Å²) in [4.78, 5) is 4.48. The fourth-order valence-corrected chi connectivity index (χ4v) is 2.59. The number of benzene rings is 1. The summed E-state index contributed by atoms with van der Waals surface area (Å²) in [6.45, 7) is 3.07. The molecule has 17 heavy (non-hydrogen) atoms. The van der Waals surface area contributed by atoms with Gasteiger partial charge in [-0.1, -0.05) is 30.3 Å². The van der Waals surface area contributed by atoms with E-state index in [1.807, 2.05) is 18.2 Å². The number of thioether (sulfide) groups is 1. The Morgan fingerprint density at radius 2 is 2.35 bits per heavy atom. The van der Waals surface area contributed by atoms with Crippen LogP contribution in [0.3, 0.4) is 0 Å². The van der Waals surface area contributed by atoms with Crippen LogP contribution >= 0.6 is 23.4 Å². The minimum Gasteiger partial charge on any atom is -0.495 e. The Labute approximate surface area is 111 Å². The van der Waals surface area contributed by atoms with Gasteiger partial charge in [-0.15, -0.1) is 0 Å². The highest BCUT2D eigenvalue weighted by atomic mass is 35.5. The van der Waals surface area contributed by atoms with Crippen LogP contribution in [0.25, 0.3) is 0 Å². The molecule has 0 saturated carbocycles. The molecule has 5 heteroatoms. The maximum Gasteiger partial charge on any atom is 0.161 e. The second kappa shape index (κ2) is 5.65. The first-order valence-corrected chi connectivity index (χ1v) is 6.83. The largest absolute Gasteiger partial charge is 0.495 e. The molecule has 0 spiro atoms. The van der Waals surface area contributed by atoms with E-state index in [2.05, 4.69) is 17.2 Å². The van der Waals surface area contributed by atoms with E-state index in [-0.39, 0.29) is 0 Å². The molecule has 0 radical (unpaired) electrons. The molecule has 0 aromatic heterocycles. The summed E-state index contributed by atoms with van der Waals surface area (Å²) in [5.41, 5.74) is 0.862. The van der Waals surface area contributed by atoms with Crippen molar-refractivity contribution in [3.05, 3.63) is 23.2 Å². The summed E-state index contributed by atoms with van der Waals surface area (Å²) in [5, 5.41) is 4.88. The lowest BCUT2D eigenvalue weighted by Crippen LogP contribution is -2.19. The van der Waals surface area contributed by atoms with E-state index in [4.69, 9.17) is 16.3 Å². The van der Waals surface area contributed by atoms with E-state index >= 15 is 0 Å². The first kappa shape index (κ1) is 12.6. The SMILES string of the molecule is COc1ccc(Cl)cc1NC1=NCC(C)CS1. The molecule has 3 nitrogen and oxygen atoms in total. The van der Waals surface area contributed by atoms with E-state index < -0.39 is 0 Å². The molecule has 92 valence electrons. The van der Waals surface area contributed by atoms with Crippen LogP contribution in [0.1, 0.15) is 6.92 Å². The number of ether oxygens (including phenoxy) is 1. The summed E-state index contributed by atoms with van der Waals surface area (Å²) in [6.07, 6.45) is 0. The van der Waals surface area contributed by atoms with Crippen LogP contribution in [-0.2, 0) is 0 Å². The number of halogens is 1. The normalized spacial score (nSPS) is 19.7. The van der Waals surface area contributed by atoms with Gasteiger partial charge in [-0.05, 0) is 24.1 Å². The molecule has 1 aromatic rings. The molecule has 0 aliphatic carbocycles. The highest BCUT2D eigenvalue weighted by Gasteiger charge is 2.13. The van der Waals surface area contributed by atoms with Gasteiger partial charge in [0.15, 0.2) is 5.17 Å². The van der Waals surface area contributed by atoms with Gasteiger partial charge in [-0.2, -0.15) is 0 Å². The third kappa shape index (κ3) is 3.30. The minimum absolute atomic E-state index is 0.645. The maximum absolute atomic E-state index is 5.97. The molecule has 1 aliphatic rings. The van der Waals surface area contributed by atoms with Crippen molar-refractivity contribution in [2.24, 2.45) is 10.9 Å². The molecule has 1 N–H and O–H groups in total. The van der Waals surface area contributed by atoms with Gasteiger partial charge >= 0.3 is 0 Å². The van der Waals surface area contributed by atoms with Crippen LogP contribution in [-0.4, -0.2) is 24.6 Å². The third-order valence-corrected chi connectivity index (χ3v) is 3.93. The molecule has 1 heterocycles. The third-order valence-electron chi connectivity index (χ3n) is 2.45. The van der Waals surface area contributed by atoms with Crippen LogP contribution in [0.15, 0.2) is 23.2 Å². The zero-order valence-corrected chi connectivity index (χ0v) is 11.4. The minimum atomic E-state index is 0.645. The molecule has 1 aliphatic heterocycles. The fourth-order valence-electron chi connectivity index (χ4n) is 1.53. The Morgan fingerprint density at radius 1 is 1.53 bits per heavy atom. The van der Waals surface area contributed by atoms with Crippen molar-refractivity contribution in [1.82, 2.24) is 0 Å². The zero-order chi connectivity index (χ0) is 12.3. The van der Waals surface area contributed by atoms with Crippen LogP contribution in [0.2, 0.25) is 5.02 Å². The standard InChI is InChI=1S/C12H15ClN2OS/c1-8-6-14-12(17-7-8)15-10-5-9(13)3-4-11(10)16-2/h3-5,8H,6-7H2,1-2H3,(H,14,15). The van der Waals surface area contributed by atoms with Gasteiger partial charge in [-0.3, -0.25) is 4.99 Å². The van der Waals surface area contributed by atoms with Crippen LogP contribution < -0.4 is 10.1 Å².